The second-order valence-electron chi connectivity index (χ2n) is 11.2. The highest BCUT2D eigenvalue weighted by atomic mass is 16.2. The molecule has 202 valence electrons. The predicted octanol–water partition coefficient (Wildman–Crippen LogP) is 5.70. The van der Waals surface area contributed by atoms with Gasteiger partial charge in [0.2, 0.25) is 0 Å². The van der Waals surface area contributed by atoms with Crippen LogP contribution in [-0.2, 0) is 6.42 Å². The first kappa shape index (κ1) is 26.1. The number of imide groups is 2. The van der Waals surface area contributed by atoms with Crippen molar-refractivity contribution in [2.24, 2.45) is 0 Å². The normalized spacial score (nSPS) is 14.5. The van der Waals surface area contributed by atoms with Gasteiger partial charge in [-0.15, -0.1) is 0 Å². The fourth-order valence-corrected chi connectivity index (χ4v) is 5.37. The first-order valence-corrected chi connectivity index (χ1v) is 13.3. The summed E-state index contributed by atoms with van der Waals surface area (Å²) in [4.78, 5) is 68.1. The molecule has 0 radical (unpaired) electrons. The lowest BCUT2D eigenvalue weighted by Crippen LogP contribution is -2.45. The summed E-state index contributed by atoms with van der Waals surface area (Å²) in [6.45, 7) is 5.31. The van der Waals surface area contributed by atoms with Crippen LogP contribution in [0.1, 0.15) is 89.3 Å². The number of anilines is 1. The number of benzene rings is 4. The molecule has 4 aromatic carbocycles. The molecule has 0 fully saturated rings. The highest BCUT2D eigenvalue weighted by molar-refractivity contribution is 6.35. The van der Waals surface area contributed by atoms with Gasteiger partial charge in [0.1, 0.15) is 0 Å². The van der Waals surface area contributed by atoms with E-state index in [0.717, 1.165) is 22.4 Å². The molecule has 2 aliphatic heterocycles. The molecule has 0 aliphatic carbocycles. The summed E-state index contributed by atoms with van der Waals surface area (Å²) in [6, 6.07) is 26.1. The molecule has 0 aromatic heterocycles. The van der Waals surface area contributed by atoms with Crippen LogP contribution in [0.2, 0.25) is 0 Å². The van der Waals surface area contributed by atoms with E-state index in [2.05, 4.69) is 0 Å². The van der Waals surface area contributed by atoms with E-state index in [0.29, 0.717) is 5.69 Å². The molecular formula is C34H26N2O5. The molecular weight excluding hydrogens is 516 g/mol. The molecule has 6 rings (SSSR count). The number of amides is 4. The summed E-state index contributed by atoms with van der Waals surface area (Å²) < 4.78 is 0. The number of carbonyl (C=O) groups excluding carboxylic acids is 5. The maximum Gasteiger partial charge on any atom is 0.266 e. The second kappa shape index (κ2) is 9.48. The van der Waals surface area contributed by atoms with Gasteiger partial charge in [0.15, 0.2) is 5.78 Å². The van der Waals surface area contributed by atoms with Crippen LogP contribution in [-0.4, -0.2) is 39.9 Å². The van der Waals surface area contributed by atoms with E-state index >= 15 is 0 Å². The smallest absolute Gasteiger partial charge is 0.266 e. The van der Waals surface area contributed by atoms with Crippen LogP contribution in [0.25, 0.3) is 0 Å². The summed E-state index contributed by atoms with van der Waals surface area (Å²) in [5.74, 6) is -2.23. The Bertz CT molecular complexity index is 1780. The van der Waals surface area contributed by atoms with E-state index in [-0.39, 0.29) is 33.4 Å². The summed E-state index contributed by atoms with van der Waals surface area (Å²) in [6.07, 6.45) is 0.728. The third-order valence-corrected chi connectivity index (χ3v) is 7.41. The topological polar surface area (TPSA) is 91.8 Å². The Balaban J connectivity index is 1.25. The Morgan fingerprint density at radius 2 is 1.07 bits per heavy atom. The van der Waals surface area contributed by atoms with E-state index in [4.69, 9.17) is 0 Å². The molecule has 2 aliphatic rings. The summed E-state index contributed by atoms with van der Waals surface area (Å²) in [5.41, 5.74) is 3.14. The van der Waals surface area contributed by atoms with E-state index in [1.54, 1.807) is 32.9 Å². The van der Waals surface area contributed by atoms with Crippen LogP contribution in [0.4, 0.5) is 5.69 Å². The Morgan fingerprint density at radius 3 is 1.66 bits per heavy atom. The molecule has 4 amide bonds. The van der Waals surface area contributed by atoms with Crippen molar-refractivity contribution < 1.29 is 24.0 Å². The number of fused-ring (bicyclic) bond motifs is 2. The van der Waals surface area contributed by atoms with Crippen molar-refractivity contribution in [3.8, 4) is 0 Å². The fourth-order valence-electron chi connectivity index (χ4n) is 5.37. The molecule has 0 N–H and O–H groups in total. The lowest BCUT2D eigenvalue weighted by atomic mass is 9.96. The molecule has 0 bridgehead atoms. The van der Waals surface area contributed by atoms with Gasteiger partial charge in [-0.05, 0) is 74.7 Å². The number of carbonyl (C=O) groups is 5. The van der Waals surface area contributed by atoms with Crippen molar-refractivity contribution in [2.45, 2.75) is 32.7 Å². The fraction of sp³-hybridized carbons (Fsp3) is 0.147. The Morgan fingerprint density at radius 1 is 0.585 bits per heavy atom. The van der Waals surface area contributed by atoms with Crippen molar-refractivity contribution in [3.63, 3.8) is 0 Å². The minimum atomic E-state index is -0.710. The molecule has 0 unspecified atom stereocenters. The zero-order chi connectivity index (χ0) is 29.1. The van der Waals surface area contributed by atoms with Crippen LogP contribution in [0, 0.1) is 0 Å². The molecule has 7 nitrogen and oxygen atoms in total. The van der Waals surface area contributed by atoms with Crippen LogP contribution in [0.15, 0.2) is 91.0 Å². The molecule has 0 saturated carbocycles. The number of hydrogen-bond acceptors (Lipinski definition) is 5. The van der Waals surface area contributed by atoms with E-state index in [1.807, 2.05) is 42.5 Å². The van der Waals surface area contributed by atoms with Crippen molar-refractivity contribution in [2.75, 3.05) is 4.90 Å². The standard InChI is InChI=1S/C34H26N2O5/c1-34(2,3)36-32(40)26-16-12-23(19-28(26)33(36)41)29(37)22-11-15-25-27(18-22)31(39)35(30(25)38)24-13-9-21(10-14-24)17-20-7-5-4-6-8-20/h4-16,18-19H,17H2,1-3H3. The first-order valence-electron chi connectivity index (χ1n) is 13.3. The maximum atomic E-state index is 13.4. The molecule has 41 heavy (non-hydrogen) atoms. The van der Waals surface area contributed by atoms with Gasteiger partial charge in [-0.3, -0.25) is 28.9 Å². The van der Waals surface area contributed by atoms with Gasteiger partial charge >= 0.3 is 0 Å². The average molecular weight is 543 g/mol. The summed E-state index contributed by atoms with van der Waals surface area (Å²) in [5, 5.41) is 0. The zero-order valence-electron chi connectivity index (χ0n) is 22.8. The zero-order valence-corrected chi connectivity index (χ0v) is 22.8. The quantitative estimate of drug-likeness (QED) is 0.238. The molecule has 4 aromatic rings. The first-order chi connectivity index (χ1) is 19.5. The predicted molar refractivity (Wildman–Crippen MR) is 153 cm³/mol. The van der Waals surface area contributed by atoms with Crippen molar-refractivity contribution in [3.05, 3.63) is 136 Å². The molecule has 0 atom stereocenters. The van der Waals surface area contributed by atoms with E-state index in [1.165, 1.54) is 41.3 Å². The highest BCUT2D eigenvalue weighted by Crippen LogP contribution is 2.32. The van der Waals surface area contributed by atoms with Gasteiger partial charge in [-0.25, -0.2) is 4.90 Å². The lowest BCUT2D eigenvalue weighted by Gasteiger charge is -2.29. The minimum absolute atomic E-state index is 0.139. The monoisotopic (exact) mass is 542 g/mol. The van der Waals surface area contributed by atoms with Gasteiger partial charge in [0, 0.05) is 16.7 Å². The van der Waals surface area contributed by atoms with Gasteiger partial charge in [0.05, 0.1) is 27.9 Å². The third-order valence-electron chi connectivity index (χ3n) is 7.41. The highest BCUT2D eigenvalue weighted by Gasteiger charge is 2.42. The van der Waals surface area contributed by atoms with Crippen molar-refractivity contribution in [1.29, 1.82) is 0 Å². The average Bonchev–Trinajstić information content (AvgIpc) is 3.37. The Hall–Kier alpha value is -5.17. The second-order valence-corrected chi connectivity index (χ2v) is 11.2. The van der Waals surface area contributed by atoms with E-state index in [9.17, 15) is 24.0 Å². The molecule has 0 saturated heterocycles. The number of rotatable bonds is 5. The van der Waals surface area contributed by atoms with Crippen molar-refractivity contribution in [1.82, 2.24) is 4.90 Å². The van der Waals surface area contributed by atoms with Gasteiger partial charge in [0.25, 0.3) is 23.6 Å². The lowest BCUT2D eigenvalue weighted by molar-refractivity contribution is 0.0507. The number of hydrogen-bond donors (Lipinski definition) is 0. The van der Waals surface area contributed by atoms with Gasteiger partial charge in [-0.2, -0.15) is 0 Å². The van der Waals surface area contributed by atoms with Crippen LogP contribution in [0.3, 0.4) is 0 Å². The van der Waals surface area contributed by atoms with Gasteiger partial charge < -0.3 is 0 Å². The Kier molecular flexibility index (Phi) is 6.03. The number of nitrogens with zero attached hydrogens (tertiary/aromatic N) is 2. The minimum Gasteiger partial charge on any atom is -0.289 e. The van der Waals surface area contributed by atoms with Crippen molar-refractivity contribution >= 4 is 35.1 Å². The SMILES string of the molecule is CC(C)(C)N1C(=O)c2ccc(C(=O)c3ccc4c(c3)C(=O)N(c3ccc(Cc5ccccc5)cc3)C4=O)cc2C1=O. The summed E-state index contributed by atoms with van der Waals surface area (Å²) >= 11 is 0. The van der Waals surface area contributed by atoms with Crippen LogP contribution < -0.4 is 4.90 Å². The Labute approximate surface area is 237 Å². The third kappa shape index (κ3) is 4.36. The van der Waals surface area contributed by atoms with E-state index < -0.39 is 35.0 Å². The maximum absolute atomic E-state index is 13.4. The molecule has 7 heteroatoms. The van der Waals surface area contributed by atoms with Gasteiger partial charge in [-0.1, -0.05) is 54.6 Å². The number of ketones is 1. The van der Waals surface area contributed by atoms with Crippen LogP contribution >= 0.6 is 0 Å². The molecule has 2 heterocycles. The van der Waals surface area contributed by atoms with Crippen LogP contribution in [0.5, 0.6) is 0 Å². The largest absolute Gasteiger partial charge is 0.289 e. The summed E-state index contributed by atoms with van der Waals surface area (Å²) in [7, 11) is 0. The molecule has 0 spiro atoms.